The van der Waals surface area contributed by atoms with Crippen molar-refractivity contribution in [1.82, 2.24) is 10.6 Å². The van der Waals surface area contributed by atoms with Gasteiger partial charge in [-0.05, 0) is 17.7 Å². The molecule has 0 aromatic heterocycles. The van der Waals surface area contributed by atoms with Gasteiger partial charge in [0.1, 0.15) is 6.04 Å². The minimum atomic E-state index is -0.751. The Hall–Kier alpha value is -3.33. The van der Waals surface area contributed by atoms with Crippen molar-refractivity contribution in [2.75, 3.05) is 11.9 Å². The zero-order chi connectivity index (χ0) is 17.1. The van der Waals surface area contributed by atoms with Gasteiger partial charge in [0.2, 0.25) is 0 Å². The average Bonchev–Trinajstić information content (AvgIpc) is 2.93. The van der Waals surface area contributed by atoms with Crippen molar-refractivity contribution in [2.45, 2.75) is 12.6 Å². The Labute approximate surface area is 139 Å². The van der Waals surface area contributed by atoms with Gasteiger partial charge >= 0.3 is 6.03 Å². The van der Waals surface area contributed by atoms with E-state index in [1.165, 1.54) is 0 Å². The molecule has 1 unspecified atom stereocenters. The predicted octanol–water partition coefficient (Wildman–Crippen LogP) is 2.08. The number of anilines is 1. The second-order valence-electron chi connectivity index (χ2n) is 5.62. The van der Waals surface area contributed by atoms with Crippen LogP contribution in [0.2, 0.25) is 0 Å². The molecular formula is C18H16N4O2. The van der Waals surface area contributed by atoms with E-state index in [1.54, 1.807) is 18.2 Å². The monoisotopic (exact) mass is 320 g/mol. The standard InChI is InChI=1S/C18H16N4O2/c1-22(11-12-5-3-2-4-6-12)15-9-13(10-19)7-8-14(15)16-17(23)21-18(24)20-16/h2-9,16H,11H2,1H3,(H2,20,21,23,24). The maximum Gasteiger partial charge on any atom is 0.322 e. The number of hydrogen-bond donors (Lipinski definition) is 2. The normalized spacial score (nSPS) is 16.2. The summed E-state index contributed by atoms with van der Waals surface area (Å²) in [6.07, 6.45) is 0. The van der Waals surface area contributed by atoms with Crippen LogP contribution in [0, 0.1) is 11.3 Å². The number of nitrogens with one attached hydrogen (secondary N) is 2. The van der Waals surface area contributed by atoms with Crippen molar-refractivity contribution in [3.05, 3.63) is 65.2 Å². The van der Waals surface area contributed by atoms with E-state index >= 15 is 0 Å². The highest BCUT2D eigenvalue weighted by atomic mass is 16.2. The fourth-order valence-electron chi connectivity index (χ4n) is 2.77. The summed E-state index contributed by atoms with van der Waals surface area (Å²) in [5.74, 6) is -0.390. The van der Waals surface area contributed by atoms with Gasteiger partial charge in [0, 0.05) is 24.8 Å². The average molecular weight is 320 g/mol. The van der Waals surface area contributed by atoms with Crippen molar-refractivity contribution in [3.8, 4) is 6.07 Å². The van der Waals surface area contributed by atoms with Gasteiger partial charge in [-0.1, -0.05) is 36.4 Å². The van der Waals surface area contributed by atoms with E-state index in [9.17, 15) is 9.59 Å². The molecule has 6 heteroatoms. The molecule has 0 aliphatic carbocycles. The van der Waals surface area contributed by atoms with E-state index in [1.807, 2.05) is 42.3 Å². The van der Waals surface area contributed by atoms with Crippen molar-refractivity contribution < 1.29 is 9.59 Å². The van der Waals surface area contributed by atoms with E-state index in [4.69, 9.17) is 5.26 Å². The summed E-state index contributed by atoms with van der Waals surface area (Å²) in [6.45, 7) is 0.616. The Morgan fingerprint density at radius 3 is 2.54 bits per heavy atom. The lowest BCUT2D eigenvalue weighted by molar-refractivity contribution is -0.120. The van der Waals surface area contributed by atoms with E-state index in [0.29, 0.717) is 17.7 Å². The highest BCUT2D eigenvalue weighted by molar-refractivity contribution is 6.05. The molecule has 1 heterocycles. The first-order valence-electron chi connectivity index (χ1n) is 7.49. The molecule has 1 saturated heterocycles. The summed E-state index contributed by atoms with van der Waals surface area (Å²) in [6, 6.07) is 15.8. The maximum atomic E-state index is 12.0. The van der Waals surface area contributed by atoms with Crippen LogP contribution in [0.15, 0.2) is 48.5 Å². The number of benzene rings is 2. The van der Waals surface area contributed by atoms with Crippen LogP contribution in [0.3, 0.4) is 0 Å². The third-order valence-corrected chi connectivity index (χ3v) is 3.92. The van der Waals surface area contributed by atoms with Crippen LogP contribution in [0.1, 0.15) is 22.7 Å². The summed E-state index contributed by atoms with van der Waals surface area (Å²) in [4.78, 5) is 25.4. The Morgan fingerprint density at radius 1 is 1.17 bits per heavy atom. The SMILES string of the molecule is CN(Cc1ccccc1)c1cc(C#N)ccc1C1NC(=O)NC1=O. The highest BCUT2D eigenvalue weighted by Crippen LogP contribution is 2.29. The topological polar surface area (TPSA) is 85.2 Å². The highest BCUT2D eigenvalue weighted by Gasteiger charge is 2.33. The van der Waals surface area contributed by atoms with E-state index in [-0.39, 0.29) is 5.91 Å². The molecule has 1 fully saturated rings. The molecule has 3 rings (SSSR count). The molecule has 2 aromatic carbocycles. The molecule has 6 nitrogen and oxygen atoms in total. The van der Waals surface area contributed by atoms with E-state index in [2.05, 4.69) is 16.7 Å². The number of nitriles is 1. The van der Waals surface area contributed by atoms with Gasteiger partial charge in [0.25, 0.3) is 5.91 Å². The first-order valence-corrected chi connectivity index (χ1v) is 7.49. The summed E-state index contributed by atoms with van der Waals surface area (Å²) in [5, 5.41) is 14.0. The molecular weight excluding hydrogens is 304 g/mol. The van der Waals surface area contributed by atoms with Crippen molar-refractivity contribution in [2.24, 2.45) is 0 Å². The fraction of sp³-hybridized carbons (Fsp3) is 0.167. The van der Waals surface area contributed by atoms with Gasteiger partial charge in [-0.15, -0.1) is 0 Å². The third kappa shape index (κ3) is 3.06. The number of amides is 3. The van der Waals surface area contributed by atoms with Gasteiger partial charge in [0.15, 0.2) is 0 Å². The summed E-state index contributed by atoms with van der Waals surface area (Å²) >= 11 is 0. The largest absolute Gasteiger partial charge is 0.370 e. The quantitative estimate of drug-likeness (QED) is 0.845. The van der Waals surface area contributed by atoms with Gasteiger partial charge < -0.3 is 10.2 Å². The minimum absolute atomic E-state index is 0.390. The smallest absolute Gasteiger partial charge is 0.322 e. The van der Waals surface area contributed by atoms with Crippen LogP contribution in [-0.2, 0) is 11.3 Å². The molecule has 3 amide bonds. The first-order chi connectivity index (χ1) is 11.6. The van der Waals surface area contributed by atoms with Gasteiger partial charge in [-0.25, -0.2) is 4.79 Å². The molecule has 0 radical (unpaired) electrons. The van der Waals surface area contributed by atoms with E-state index in [0.717, 1.165) is 11.3 Å². The van der Waals surface area contributed by atoms with Crippen LogP contribution in [0.5, 0.6) is 0 Å². The number of carbonyl (C=O) groups is 2. The molecule has 0 spiro atoms. The Bertz CT molecular complexity index is 827. The Kier molecular flexibility index (Phi) is 4.17. The van der Waals surface area contributed by atoms with Crippen molar-refractivity contribution in [3.63, 3.8) is 0 Å². The second kappa shape index (κ2) is 6.42. The molecule has 120 valence electrons. The van der Waals surface area contributed by atoms with Crippen LogP contribution < -0.4 is 15.5 Å². The molecule has 2 N–H and O–H groups in total. The Morgan fingerprint density at radius 2 is 1.92 bits per heavy atom. The van der Waals surface area contributed by atoms with Crippen molar-refractivity contribution in [1.29, 1.82) is 5.26 Å². The lowest BCUT2D eigenvalue weighted by Gasteiger charge is -2.24. The predicted molar refractivity (Wildman–Crippen MR) is 89.1 cm³/mol. The molecule has 1 atom stereocenters. The van der Waals surface area contributed by atoms with Crippen LogP contribution in [0.25, 0.3) is 0 Å². The molecule has 24 heavy (non-hydrogen) atoms. The van der Waals surface area contributed by atoms with Gasteiger partial charge in [-0.3, -0.25) is 10.1 Å². The van der Waals surface area contributed by atoms with Crippen LogP contribution >= 0.6 is 0 Å². The molecule has 1 aliphatic heterocycles. The zero-order valence-corrected chi connectivity index (χ0v) is 13.1. The Balaban J connectivity index is 1.97. The second-order valence-corrected chi connectivity index (χ2v) is 5.62. The van der Waals surface area contributed by atoms with Crippen molar-refractivity contribution >= 4 is 17.6 Å². The number of carbonyl (C=O) groups excluding carboxylic acids is 2. The summed E-state index contributed by atoms with van der Waals surface area (Å²) in [7, 11) is 1.89. The number of imide groups is 1. The zero-order valence-electron chi connectivity index (χ0n) is 13.1. The summed E-state index contributed by atoms with van der Waals surface area (Å²) in [5.41, 5.74) is 3.00. The van der Waals surface area contributed by atoms with Gasteiger partial charge in [0.05, 0.1) is 11.6 Å². The van der Waals surface area contributed by atoms with Gasteiger partial charge in [-0.2, -0.15) is 5.26 Å². The summed E-state index contributed by atoms with van der Waals surface area (Å²) < 4.78 is 0. The van der Waals surface area contributed by atoms with Crippen LogP contribution in [0.4, 0.5) is 10.5 Å². The third-order valence-electron chi connectivity index (χ3n) is 3.92. The number of hydrogen-bond acceptors (Lipinski definition) is 4. The maximum absolute atomic E-state index is 12.0. The lowest BCUT2D eigenvalue weighted by Crippen LogP contribution is -2.25. The molecule has 0 saturated carbocycles. The molecule has 0 bridgehead atoms. The molecule has 1 aliphatic rings. The number of rotatable bonds is 4. The number of urea groups is 1. The van der Waals surface area contributed by atoms with Crippen LogP contribution in [-0.4, -0.2) is 19.0 Å². The fourth-order valence-corrected chi connectivity index (χ4v) is 2.77. The first kappa shape index (κ1) is 15.6. The van der Waals surface area contributed by atoms with E-state index < -0.39 is 12.1 Å². The molecule has 2 aromatic rings. The number of nitrogens with zero attached hydrogens (tertiary/aromatic N) is 2. The minimum Gasteiger partial charge on any atom is -0.370 e. The lowest BCUT2D eigenvalue weighted by atomic mass is 10.0.